The Kier molecular flexibility index (Phi) is 3.61. The molecule has 2 saturated heterocycles. The van der Waals surface area contributed by atoms with E-state index in [1.54, 1.807) is 4.90 Å². The van der Waals surface area contributed by atoms with Crippen molar-refractivity contribution in [2.45, 2.75) is 45.3 Å². The summed E-state index contributed by atoms with van der Waals surface area (Å²) in [5.74, 6) is 0.0412. The van der Waals surface area contributed by atoms with Crippen LogP contribution in [0.4, 0.5) is 4.79 Å². The molecule has 1 amide bonds. The fourth-order valence-electron chi connectivity index (χ4n) is 2.43. The molecule has 2 aliphatic rings. The number of likely N-dealkylation sites (tertiary alicyclic amines) is 1. The zero-order valence-electron chi connectivity index (χ0n) is 11.3. The van der Waals surface area contributed by atoms with E-state index >= 15 is 0 Å². The topological polar surface area (TPSA) is 55.8 Å². The second-order valence-corrected chi connectivity index (χ2v) is 5.95. The van der Waals surface area contributed by atoms with E-state index in [-0.39, 0.29) is 23.9 Å². The quantitative estimate of drug-likeness (QED) is 0.659. The summed E-state index contributed by atoms with van der Waals surface area (Å²) in [5, 5.41) is 0. The molecule has 2 aliphatic heterocycles. The number of piperidine rings is 1. The number of rotatable bonds is 0. The minimum Gasteiger partial charge on any atom is -0.444 e. The third-order valence-corrected chi connectivity index (χ3v) is 3.30. The van der Waals surface area contributed by atoms with Gasteiger partial charge in [0.15, 0.2) is 0 Å². The molecule has 0 radical (unpaired) electrons. The van der Waals surface area contributed by atoms with Gasteiger partial charge in [0.1, 0.15) is 11.4 Å². The van der Waals surface area contributed by atoms with Crippen molar-refractivity contribution in [3.05, 3.63) is 0 Å². The molecule has 2 atom stereocenters. The molecule has 2 unspecified atom stereocenters. The Morgan fingerprint density at radius 1 is 1.44 bits per heavy atom. The smallest absolute Gasteiger partial charge is 0.410 e. The lowest BCUT2D eigenvalue weighted by molar-refractivity contribution is -0.142. The molecule has 5 heteroatoms. The third kappa shape index (κ3) is 3.02. The Morgan fingerprint density at radius 2 is 2.17 bits per heavy atom. The monoisotopic (exact) mass is 255 g/mol. The third-order valence-electron chi connectivity index (χ3n) is 3.30. The van der Waals surface area contributed by atoms with E-state index in [4.69, 9.17) is 9.47 Å². The summed E-state index contributed by atoms with van der Waals surface area (Å²) in [6.45, 7) is 7.07. The molecule has 0 N–H and O–H groups in total. The highest BCUT2D eigenvalue weighted by Gasteiger charge is 2.39. The van der Waals surface area contributed by atoms with Gasteiger partial charge in [0.25, 0.3) is 0 Å². The van der Waals surface area contributed by atoms with Crippen LogP contribution in [-0.4, -0.2) is 48.2 Å². The summed E-state index contributed by atoms with van der Waals surface area (Å²) in [7, 11) is 0. The van der Waals surface area contributed by atoms with Gasteiger partial charge in [0.2, 0.25) is 0 Å². The standard InChI is InChI=1S/C13H21NO4/c1-13(2,3)18-12(16)14-6-4-11-9(8-14)10(15)5-7-17-11/h9,11H,4-8H2,1-3H3. The van der Waals surface area contributed by atoms with Gasteiger partial charge in [-0.2, -0.15) is 0 Å². The molecule has 0 aliphatic carbocycles. The Labute approximate surface area is 107 Å². The van der Waals surface area contributed by atoms with Crippen LogP contribution in [0.5, 0.6) is 0 Å². The molecule has 18 heavy (non-hydrogen) atoms. The summed E-state index contributed by atoms with van der Waals surface area (Å²) < 4.78 is 10.9. The van der Waals surface area contributed by atoms with Crippen molar-refractivity contribution in [3.63, 3.8) is 0 Å². The van der Waals surface area contributed by atoms with Gasteiger partial charge < -0.3 is 14.4 Å². The van der Waals surface area contributed by atoms with Gasteiger partial charge >= 0.3 is 6.09 Å². The highest BCUT2D eigenvalue weighted by molar-refractivity contribution is 5.83. The van der Waals surface area contributed by atoms with Crippen LogP contribution in [0.25, 0.3) is 0 Å². The van der Waals surface area contributed by atoms with E-state index in [1.165, 1.54) is 0 Å². The van der Waals surface area contributed by atoms with Gasteiger partial charge in [0.05, 0.1) is 18.6 Å². The lowest BCUT2D eigenvalue weighted by Gasteiger charge is -2.40. The molecule has 2 fully saturated rings. The van der Waals surface area contributed by atoms with Gasteiger partial charge in [-0.1, -0.05) is 0 Å². The van der Waals surface area contributed by atoms with Crippen LogP contribution in [0.15, 0.2) is 0 Å². The zero-order chi connectivity index (χ0) is 13.3. The second-order valence-electron chi connectivity index (χ2n) is 5.95. The molecule has 102 valence electrons. The van der Waals surface area contributed by atoms with Crippen molar-refractivity contribution in [3.8, 4) is 0 Å². The van der Waals surface area contributed by atoms with E-state index < -0.39 is 5.60 Å². The van der Waals surface area contributed by atoms with Gasteiger partial charge in [-0.3, -0.25) is 4.79 Å². The van der Waals surface area contributed by atoms with Crippen LogP contribution < -0.4 is 0 Å². The first kappa shape index (κ1) is 13.3. The number of hydrogen-bond donors (Lipinski definition) is 0. The SMILES string of the molecule is CC(C)(C)OC(=O)N1CCC2OCCC(=O)C2C1. The van der Waals surface area contributed by atoms with Crippen molar-refractivity contribution in [2.24, 2.45) is 5.92 Å². The minimum atomic E-state index is -0.499. The normalized spacial score (nSPS) is 28.8. The molecule has 0 aromatic rings. The van der Waals surface area contributed by atoms with E-state index in [9.17, 15) is 9.59 Å². The van der Waals surface area contributed by atoms with Crippen LogP contribution in [0.3, 0.4) is 0 Å². The summed E-state index contributed by atoms with van der Waals surface area (Å²) in [6.07, 6.45) is 0.836. The highest BCUT2D eigenvalue weighted by atomic mass is 16.6. The number of carbonyl (C=O) groups is 2. The summed E-state index contributed by atoms with van der Waals surface area (Å²) >= 11 is 0. The second kappa shape index (κ2) is 4.88. The van der Waals surface area contributed by atoms with E-state index in [0.717, 1.165) is 6.42 Å². The number of nitrogens with zero attached hydrogens (tertiary/aromatic N) is 1. The number of Topliss-reactive ketones (excluding diaryl/α,β-unsaturated/α-hetero) is 1. The summed E-state index contributed by atoms with van der Waals surface area (Å²) in [4.78, 5) is 25.4. The zero-order valence-corrected chi connectivity index (χ0v) is 11.3. The van der Waals surface area contributed by atoms with Crippen LogP contribution in [-0.2, 0) is 14.3 Å². The Morgan fingerprint density at radius 3 is 2.83 bits per heavy atom. The van der Waals surface area contributed by atoms with Crippen LogP contribution in [0.1, 0.15) is 33.6 Å². The minimum absolute atomic E-state index is 0.00932. The lowest BCUT2D eigenvalue weighted by atomic mass is 9.87. The molecule has 0 aromatic carbocycles. The summed E-state index contributed by atoms with van der Waals surface area (Å²) in [6, 6.07) is 0. The van der Waals surface area contributed by atoms with Crippen molar-refractivity contribution < 1.29 is 19.1 Å². The Balaban J connectivity index is 1.96. The predicted octanol–water partition coefficient (Wildman–Crippen LogP) is 1.60. The van der Waals surface area contributed by atoms with Gasteiger partial charge in [-0.15, -0.1) is 0 Å². The molecular formula is C13H21NO4. The number of carbonyl (C=O) groups excluding carboxylic acids is 2. The average molecular weight is 255 g/mol. The van der Waals surface area contributed by atoms with Crippen molar-refractivity contribution in [2.75, 3.05) is 19.7 Å². The van der Waals surface area contributed by atoms with Gasteiger partial charge in [0, 0.05) is 19.5 Å². The fourth-order valence-corrected chi connectivity index (χ4v) is 2.43. The number of ether oxygens (including phenoxy) is 2. The molecule has 5 nitrogen and oxygen atoms in total. The largest absolute Gasteiger partial charge is 0.444 e. The van der Waals surface area contributed by atoms with Crippen molar-refractivity contribution >= 4 is 11.9 Å². The maximum atomic E-state index is 11.9. The molecule has 2 heterocycles. The molecule has 0 saturated carbocycles. The first-order valence-corrected chi connectivity index (χ1v) is 6.49. The highest BCUT2D eigenvalue weighted by Crippen LogP contribution is 2.27. The van der Waals surface area contributed by atoms with Gasteiger partial charge in [-0.05, 0) is 27.2 Å². The molecule has 2 rings (SSSR count). The maximum absolute atomic E-state index is 11.9. The molecular weight excluding hydrogens is 234 g/mol. The van der Waals surface area contributed by atoms with E-state index in [1.807, 2.05) is 20.8 Å². The van der Waals surface area contributed by atoms with Crippen molar-refractivity contribution in [1.82, 2.24) is 4.90 Å². The molecule has 0 spiro atoms. The van der Waals surface area contributed by atoms with Crippen LogP contribution in [0.2, 0.25) is 0 Å². The van der Waals surface area contributed by atoms with Gasteiger partial charge in [-0.25, -0.2) is 4.79 Å². The first-order chi connectivity index (χ1) is 8.37. The van der Waals surface area contributed by atoms with Crippen LogP contribution >= 0.6 is 0 Å². The Bertz CT molecular complexity index is 347. The number of amides is 1. The summed E-state index contributed by atoms with van der Waals surface area (Å²) in [5.41, 5.74) is -0.499. The fraction of sp³-hybridized carbons (Fsp3) is 0.846. The van der Waals surface area contributed by atoms with Crippen molar-refractivity contribution in [1.29, 1.82) is 0 Å². The number of fused-ring (bicyclic) bond motifs is 1. The van der Waals surface area contributed by atoms with E-state index in [0.29, 0.717) is 26.1 Å². The number of hydrogen-bond acceptors (Lipinski definition) is 4. The lowest BCUT2D eigenvalue weighted by Crippen LogP contribution is -2.52. The average Bonchev–Trinajstić information content (AvgIpc) is 2.27. The number of ketones is 1. The molecule has 0 aromatic heterocycles. The maximum Gasteiger partial charge on any atom is 0.410 e. The Hall–Kier alpha value is -1.10. The predicted molar refractivity (Wildman–Crippen MR) is 65.3 cm³/mol. The molecule has 0 bridgehead atoms. The van der Waals surface area contributed by atoms with E-state index in [2.05, 4.69) is 0 Å². The first-order valence-electron chi connectivity index (χ1n) is 6.49. The van der Waals surface area contributed by atoms with Crippen LogP contribution in [0, 0.1) is 5.92 Å².